The van der Waals surface area contributed by atoms with Gasteiger partial charge >= 0.3 is 0 Å². The molecule has 0 aliphatic heterocycles. The van der Waals surface area contributed by atoms with E-state index in [0.29, 0.717) is 19.7 Å². The fraction of sp³-hybridized carbons (Fsp3) is 0.538. The van der Waals surface area contributed by atoms with Crippen molar-refractivity contribution in [1.82, 2.24) is 4.90 Å². The zero-order valence-corrected chi connectivity index (χ0v) is 10.8. The average molecular weight is 258 g/mol. The summed E-state index contributed by atoms with van der Waals surface area (Å²) < 4.78 is 30.3. The molecular formula is C13H20F2N2O. The molecule has 0 radical (unpaired) electrons. The summed E-state index contributed by atoms with van der Waals surface area (Å²) in [6.07, 6.45) is -2.45. The Hall–Kier alpha value is -1.04. The van der Waals surface area contributed by atoms with E-state index in [4.69, 9.17) is 10.5 Å². The second-order valence-corrected chi connectivity index (χ2v) is 4.20. The molecule has 0 fully saturated rings. The van der Waals surface area contributed by atoms with Crippen LogP contribution in [0, 0.1) is 0 Å². The first kappa shape index (κ1) is 15.0. The van der Waals surface area contributed by atoms with Crippen molar-refractivity contribution in [3.8, 4) is 0 Å². The molecule has 0 heterocycles. The van der Waals surface area contributed by atoms with Gasteiger partial charge in [0.2, 0.25) is 0 Å². The largest absolute Gasteiger partial charge is 0.383 e. The summed E-state index contributed by atoms with van der Waals surface area (Å²) >= 11 is 0. The molecule has 1 rings (SSSR count). The highest BCUT2D eigenvalue weighted by Crippen LogP contribution is 2.24. The van der Waals surface area contributed by atoms with Crippen molar-refractivity contribution in [3.05, 3.63) is 35.4 Å². The molecular weight excluding hydrogens is 238 g/mol. The molecule has 0 amide bonds. The Bertz CT molecular complexity index is 361. The van der Waals surface area contributed by atoms with Crippen LogP contribution in [-0.4, -0.2) is 38.8 Å². The molecule has 0 aliphatic carbocycles. The van der Waals surface area contributed by atoms with E-state index in [-0.39, 0.29) is 11.6 Å². The van der Waals surface area contributed by atoms with E-state index in [9.17, 15) is 8.78 Å². The van der Waals surface area contributed by atoms with E-state index >= 15 is 0 Å². The minimum atomic E-state index is -2.45. The molecule has 1 unspecified atom stereocenters. The van der Waals surface area contributed by atoms with Crippen molar-refractivity contribution in [3.63, 3.8) is 0 Å². The van der Waals surface area contributed by atoms with Gasteiger partial charge in [-0.2, -0.15) is 0 Å². The van der Waals surface area contributed by atoms with Gasteiger partial charge in [0.25, 0.3) is 6.43 Å². The number of alkyl halides is 2. The first-order valence-electron chi connectivity index (χ1n) is 5.87. The summed E-state index contributed by atoms with van der Waals surface area (Å²) in [5.74, 6) is 0. The molecule has 1 aromatic carbocycles. The fourth-order valence-electron chi connectivity index (χ4n) is 1.86. The third-order valence-corrected chi connectivity index (χ3v) is 2.95. The highest BCUT2D eigenvalue weighted by Gasteiger charge is 2.17. The molecule has 0 saturated heterocycles. The van der Waals surface area contributed by atoms with Crippen molar-refractivity contribution in [1.29, 1.82) is 0 Å². The molecule has 0 bridgehead atoms. The molecule has 0 spiro atoms. The standard InChI is InChI=1S/C13H20F2N2O/c1-17(6-7-18-2)12(9-16)10-4-3-5-11(8-10)13(14)15/h3-5,8,12-13H,6-7,9,16H2,1-2H3. The third-order valence-electron chi connectivity index (χ3n) is 2.95. The minimum absolute atomic E-state index is 0.0334. The lowest BCUT2D eigenvalue weighted by molar-refractivity contribution is 0.139. The Morgan fingerprint density at radius 1 is 1.33 bits per heavy atom. The summed E-state index contributed by atoms with van der Waals surface area (Å²) in [5.41, 5.74) is 6.58. The number of nitrogens with zero attached hydrogens (tertiary/aromatic N) is 1. The van der Waals surface area contributed by atoms with E-state index in [1.54, 1.807) is 13.2 Å². The SMILES string of the molecule is COCCN(C)C(CN)c1cccc(C(F)F)c1. The van der Waals surface area contributed by atoms with Crippen LogP contribution in [0.4, 0.5) is 8.78 Å². The maximum absolute atomic E-state index is 12.7. The molecule has 0 aromatic heterocycles. The molecule has 3 nitrogen and oxygen atoms in total. The number of halogens is 2. The van der Waals surface area contributed by atoms with Gasteiger partial charge in [-0.1, -0.05) is 18.2 Å². The molecule has 18 heavy (non-hydrogen) atoms. The lowest BCUT2D eigenvalue weighted by atomic mass is 10.0. The van der Waals surface area contributed by atoms with Crippen molar-refractivity contribution >= 4 is 0 Å². The summed E-state index contributed by atoms with van der Waals surface area (Å²) in [5, 5.41) is 0. The molecule has 102 valence electrons. The van der Waals surface area contributed by atoms with Crippen LogP contribution in [0.1, 0.15) is 23.6 Å². The number of likely N-dealkylation sites (N-methyl/N-ethyl adjacent to an activating group) is 1. The van der Waals surface area contributed by atoms with Gasteiger partial charge in [0.1, 0.15) is 0 Å². The van der Waals surface area contributed by atoms with Gasteiger partial charge in [0, 0.05) is 31.8 Å². The summed E-state index contributed by atoms with van der Waals surface area (Å²) in [6.45, 7) is 1.67. The Kier molecular flexibility index (Phi) is 6.18. The maximum atomic E-state index is 12.7. The van der Waals surface area contributed by atoms with Crippen molar-refractivity contribution in [2.24, 2.45) is 5.73 Å². The lowest BCUT2D eigenvalue weighted by Crippen LogP contribution is -2.33. The van der Waals surface area contributed by atoms with Crippen molar-refractivity contribution in [2.75, 3.05) is 33.9 Å². The number of nitrogens with two attached hydrogens (primary N) is 1. The second kappa shape index (κ2) is 7.41. The molecule has 1 aromatic rings. The second-order valence-electron chi connectivity index (χ2n) is 4.20. The summed E-state index contributed by atoms with van der Waals surface area (Å²) in [7, 11) is 3.54. The zero-order chi connectivity index (χ0) is 13.5. The normalized spacial score (nSPS) is 13.3. The first-order chi connectivity index (χ1) is 8.60. The van der Waals surface area contributed by atoms with Gasteiger partial charge in [-0.25, -0.2) is 8.78 Å². The highest BCUT2D eigenvalue weighted by molar-refractivity contribution is 5.27. The van der Waals surface area contributed by atoms with E-state index in [2.05, 4.69) is 0 Å². The van der Waals surface area contributed by atoms with E-state index in [1.165, 1.54) is 12.1 Å². The smallest absolute Gasteiger partial charge is 0.263 e. The van der Waals surface area contributed by atoms with E-state index < -0.39 is 6.43 Å². The predicted molar refractivity (Wildman–Crippen MR) is 67.7 cm³/mol. The molecule has 2 N–H and O–H groups in total. The van der Waals surface area contributed by atoms with Gasteiger partial charge in [-0.05, 0) is 18.7 Å². The molecule has 0 saturated carbocycles. The first-order valence-corrected chi connectivity index (χ1v) is 5.87. The Labute approximate surface area is 107 Å². The van der Waals surface area contributed by atoms with Crippen LogP contribution in [0.2, 0.25) is 0 Å². The van der Waals surface area contributed by atoms with Gasteiger partial charge in [-0.15, -0.1) is 0 Å². The van der Waals surface area contributed by atoms with Crippen LogP contribution < -0.4 is 5.73 Å². The van der Waals surface area contributed by atoms with Gasteiger partial charge in [0.05, 0.1) is 6.61 Å². The zero-order valence-electron chi connectivity index (χ0n) is 10.8. The van der Waals surface area contributed by atoms with Crippen LogP contribution >= 0.6 is 0 Å². The van der Waals surface area contributed by atoms with E-state index in [1.807, 2.05) is 18.0 Å². The monoisotopic (exact) mass is 258 g/mol. The Morgan fingerprint density at radius 2 is 2.00 bits per heavy atom. The third kappa shape index (κ3) is 4.01. The van der Waals surface area contributed by atoms with Gasteiger partial charge in [0.15, 0.2) is 0 Å². The van der Waals surface area contributed by atoms with E-state index in [0.717, 1.165) is 5.56 Å². The molecule has 0 aliphatic rings. The van der Waals surface area contributed by atoms with Gasteiger partial charge < -0.3 is 10.5 Å². The Balaban J connectivity index is 2.84. The van der Waals surface area contributed by atoms with Crippen LogP contribution in [0.3, 0.4) is 0 Å². The van der Waals surface area contributed by atoms with Crippen LogP contribution in [-0.2, 0) is 4.74 Å². The van der Waals surface area contributed by atoms with Crippen molar-refractivity contribution < 1.29 is 13.5 Å². The highest BCUT2D eigenvalue weighted by atomic mass is 19.3. The minimum Gasteiger partial charge on any atom is -0.383 e. The number of ether oxygens (including phenoxy) is 1. The fourth-order valence-corrected chi connectivity index (χ4v) is 1.86. The lowest BCUT2D eigenvalue weighted by Gasteiger charge is -2.27. The van der Waals surface area contributed by atoms with Crippen LogP contribution in [0.5, 0.6) is 0 Å². The number of hydrogen-bond donors (Lipinski definition) is 1. The number of benzene rings is 1. The number of methoxy groups -OCH3 is 1. The number of hydrogen-bond acceptors (Lipinski definition) is 3. The molecule has 1 atom stereocenters. The predicted octanol–water partition coefficient (Wildman–Crippen LogP) is 2.20. The number of rotatable bonds is 7. The average Bonchev–Trinajstić information content (AvgIpc) is 2.37. The van der Waals surface area contributed by atoms with Crippen molar-refractivity contribution in [2.45, 2.75) is 12.5 Å². The van der Waals surface area contributed by atoms with Gasteiger partial charge in [-0.3, -0.25) is 4.90 Å². The van der Waals surface area contributed by atoms with Crippen LogP contribution in [0.25, 0.3) is 0 Å². The topological polar surface area (TPSA) is 38.5 Å². The maximum Gasteiger partial charge on any atom is 0.263 e. The van der Waals surface area contributed by atoms with Crippen LogP contribution in [0.15, 0.2) is 24.3 Å². The summed E-state index contributed by atoms with van der Waals surface area (Å²) in [6, 6.07) is 6.34. The molecule has 5 heteroatoms. The summed E-state index contributed by atoms with van der Waals surface area (Å²) in [4.78, 5) is 2.01. The quantitative estimate of drug-likeness (QED) is 0.815. The Morgan fingerprint density at radius 3 is 2.56 bits per heavy atom.